The SMILES string of the molecule is Nc1nc(CCN2CCCSCC2)cs1. The zero-order valence-corrected chi connectivity index (χ0v) is 10.4. The van der Waals surface area contributed by atoms with Crippen LogP contribution in [0.4, 0.5) is 5.13 Å². The molecule has 1 aliphatic rings. The van der Waals surface area contributed by atoms with Crippen molar-refractivity contribution in [3.8, 4) is 0 Å². The van der Waals surface area contributed by atoms with Crippen molar-refractivity contribution in [1.82, 2.24) is 9.88 Å². The summed E-state index contributed by atoms with van der Waals surface area (Å²) in [5.41, 5.74) is 6.75. The fourth-order valence-electron chi connectivity index (χ4n) is 1.73. The third kappa shape index (κ3) is 3.66. The number of anilines is 1. The lowest BCUT2D eigenvalue weighted by Crippen LogP contribution is -2.28. The number of aromatic nitrogens is 1. The van der Waals surface area contributed by atoms with Gasteiger partial charge in [0, 0.05) is 30.6 Å². The lowest BCUT2D eigenvalue weighted by atomic mass is 10.3. The minimum atomic E-state index is 0.691. The molecule has 2 N–H and O–H groups in total. The van der Waals surface area contributed by atoms with E-state index in [0.717, 1.165) is 18.7 Å². The zero-order valence-electron chi connectivity index (χ0n) is 8.82. The molecular formula is C10H17N3S2. The standard InChI is InChI=1S/C10H17N3S2/c11-10-12-9(8-15-10)2-4-13-3-1-6-14-7-5-13/h8H,1-7H2,(H2,11,12). The molecule has 1 saturated heterocycles. The van der Waals surface area contributed by atoms with Crippen LogP contribution in [0.15, 0.2) is 5.38 Å². The first-order valence-corrected chi connectivity index (χ1v) is 7.38. The lowest BCUT2D eigenvalue weighted by Gasteiger charge is -2.18. The highest BCUT2D eigenvalue weighted by molar-refractivity contribution is 7.99. The molecule has 0 radical (unpaired) electrons. The van der Waals surface area contributed by atoms with Crippen molar-refractivity contribution in [2.24, 2.45) is 0 Å². The minimum Gasteiger partial charge on any atom is -0.375 e. The number of thiazole rings is 1. The molecule has 0 saturated carbocycles. The number of thioether (sulfide) groups is 1. The highest BCUT2D eigenvalue weighted by atomic mass is 32.2. The Labute approximate surface area is 99.1 Å². The molecule has 0 unspecified atom stereocenters. The Balaban J connectivity index is 1.76. The molecule has 2 heterocycles. The third-order valence-corrected chi connectivity index (χ3v) is 4.34. The van der Waals surface area contributed by atoms with Gasteiger partial charge in [0.1, 0.15) is 0 Å². The Hall–Kier alpha value is -0.260. The predicted octanol–water partition coefficient (Wildman–Crippen LogP) is 1.71. The number of nitrogens with two attached hydrogens (primary N) is 1. The van der Waals surface area contributed by atoms with Gasteiger partial charge in [-0.05, 0) is 18.7 Å². The summed E-state index contributed by atoms with van der Waals surface area (Å²) in [5.74, 6) is 2.60. The highest BCUT2D eigenvalue weighted by Crippen LogP contribution is 2.13. The van der Waals surface area contributed by atoms with Crippen LogP contribution >= 0.6 is 23.1 Å². The first-order valence-electron chi connectivity index (χ1n) is 5.34. The third-order valence-electron chi connectivity index (χ3n) is 2.57. The van der Waals surface area contributed by atoms with E-state index in [2.05, 4.69) is 27.0 Å². The molecule has 1 aromatic heterocycles. The van der Waals surface area contributed by atoms with Gasteiger partial charge in [-0.2, -0.15) is 11.8 Å². The van der Waals surface area contributed by atoms with E-state index in [1.807, 2.05) is 0 Å². The molecule has 3 nitrogen and oxygen atoms in total. The predicted molar refractivity (Wildman–Crippen MR) is 68.6 cm³/mol. The van der Waals surface area contributed by atoms with Crippen LogP contribution < -0.4 is 5.73 Å². The fourth-order valence-corrected chi connectivity index (χ4v) is 3.25. The van der Waals surface area contributed by atoms with Crippen LogP contribution in [0.2, 0.25) is 0 Å². The van der Waals surface area contributed by atoms with Gasteiger partial charge in [0.2, 0.25) is 0 Å². The maximum Gasteiger partial charge on any atom is 0.180 e. The van der Waals surface area contributed by atoms with Crippen molar-refractivity contribution in [2.75, 3.05) is 36.9 Å². The average molecular weight is 243 g/mol. The van der Waals surface area contributed by atoms with Crippen molar-refractivity contribution in [3.63, 3.8) is 0 Å². The Kier molecular flexibility index (Phi) is 4.29. The Morgan fingerprint density at radius 1 is 1.40 bits per heavy atom. The van der Waals surface area contributed by atoms with Crippen molar-refractivity contribution in [1.29, 1.82) is 0 Å². The molecule has 84 valence electrons. The first kappa shape index (κ1) is 11.2. The number of hydrogen-bond acceptors (Lipinski definition) is 5. The molecule has 5 heteroatoms. The van der Waals surface area contributed by atoms with Gasteiger partial charge in [-0.3, -0.25) is 0 Å². The number of rotatable bonds is 3. The van der Waals surface area contributed by atoms with E-state index in [-0.39, 0.29) is 0 Å². The van der Waals surface area contributed by atoms with Crippen molar-refractivity contribution < 1.29 is 0 Å². The van der Waals surface area contributed by atoms with Crippen LogP contribution in [0.25, 0.3) is 0 Å². The van der Waals surface area contributed by atoms with Crippen molar-refractivity contribution >= 4 is 28.2 Å². The Morgan fingerprint density at radius 3 is 3.13 bits per heavy atom. The van der Waals surface area contributed by atoms with Crippen molar-refractivity contribution in [3.05, 3.63) is 11.1 Å². The van der Waals surface area contributed by atoms with E-state index >= 15 is 0 Å². The molecule has 1 fully saturated rings. The van der Waals surface area contributed by atoms with Gasteiger partial charge in [0.15, 0.2) is 5.13 Å². The van der Waals surface area contributed by atoms with Gasteiger partial charge in [0.25, 0.3) is 0 Å². The monoisotopic (exact) mass is 243 g/mol. The fraction of sp³-hybridized carbons (Fsp3) is 0.700. The van der Waals surface area contributed by atoms with E-state index in [0.29, 0.717) is 5.13 Å². The molecule has 0 bridgehead atoms. The summed E-state index contributed by atoms with van der Waals surface area (Å²) in [6.07, 6.45) is 2.36. The second kappa shape index (κ2) is 5.72. The molecule has 15 heavy (non-hydrogen) atoms. The summed E-state index contributed by atoms with van der Waals surface area (Å²) in [6, 6.07) is 0. The summed E-state index contributed by atoms with van der Waals surface area (Å²) in [7, 11) is 0. The second-order valence-electron chi connectivity index (χ2n) is 3.73. The van der Waals surface area contributed by atoms with E-state index in [9.17, 15) is 0 Å². The maximum atomic E-state index is 5.60. The maximum absolute atomic E-state index is 5.60. The second-order valence-corrected chi connectivity index (χ2v) is 5.85. The largest absolute Gasteiger partial charge is 0.375 e. The summed E-state index contributed by atoms with van der Waals surface area (Å²) >= 11 is 3.61. The van der Waals surface area contributed by atoms with Crippen LogP contribution in [0.1, 0.15) is 12.1 Å². The molecular weight excluding hydrogens is 226 g/mol. The van der Waals surface area contributed by atoms with E-state index < -0.39 is 0 Å². The summed E-state index contributed by atoms with van der Waals surface area (Å²) in [4.78, 5) is 6.82. The topological polar surface area (TPSA) is 42.1 Å². The zero-order chi connectivity index (χ0) is 10.5. The number of hydrogen-bond donors (Lipinski definition) is 1. The quantitative estimate of drug-likeness (QED) is 0.877. The molecule has 0 atom stereocenters. The molecule has 0 spiro atoms. The van der Waals surface area contributed by atoms with Gasteiger partial charge >= 0.3 is 0 Å². The van der Waals surface area contributed by atoms with E-state index in [4.69, 9.17) is 5.73 Å². The van der Waals surface area contributed by atoms with Gasteiger partial charge < -0.3 is 10.6 Å². The smallest absolute Gasteiger partial charge is 0.180 e. The van der Waals surface area contributed by atoms with Crippen molar-refractivity contribution in [2.45, 2.75) is 12.8 Å². The average Bonchev–Trinajstić information content (AvgIpc) is 2.52. The molecule has 1 aromatic rings. The van der Waals surface area contributed by atoms with Gasteiger partial charge in [-0.1, -0.05) is 0 Å². The highest BCUT2D eigenvalue weighted by Gasteiger charge is 2.09. The molecule has 0 aliphatic carbocycles. The van der Waals surface area contributed by atoms with Crippen LogP contribution in [-0.4, -0.2) is 41.0 Å². The lowest BCUT2D eigenvalue weighted by molar-refractivity contribution is 0.298. The van der Waals surface area contributed by atoms with Gasteiger partial charge in [-0.25, -0.2) is 4.98 Å². The molecule has 0 aromatic carbocycles. The summed E-state index contributed by atoms with van der Waals surface area (Å²) < 4.78 is 0. The molecule has 2 rings (SSSR count). The van der Waals surface area contributed by atoms with Gasteiger partial charge in [-0.15, -0.1) is 11.3 Å². The summed E-state index contributed by atoms with van der Waals surface area (Å²) in [6.45, 7) is 3.60. The Bertz CT molecular complexity index is 293. The van der Waals surface area contributed by atoms with Crippen LogP contribution in [0, 0.1) is 0 Å². The molecule has 0 amide bonds. The number of nitrogens with zero attached hydrogens (tertiary/aromatic N) is 2. The van der Waals surface area contributed by atoms with Crippen LogP contribution in [0.5, 0.6) is 0 Å². The van der Waals surface area contributed by atoms with E-state index in [1.54, 1.807) is 0 Å². The summed E-state index contributed by atoms with van der Waals surface area (Å²) in [5, 5.41) is 2.76. The molecule has 1 aliphatic heterocycles. The van der Waals surface area contributed by atoms with Crippen LogP contribution in [0.3, 0.4) is 0 Å². The van der Waals surface area contributed by atoms with E-state index in [1.165, 1.54) is 42.4 Å². The first-order chi connectivity index (χ1) is 7.34. The van der Waals surface area contributed by atoms with Gasteiger partial charge in [0.05, 0.1) is 5.69 Å². The Morgan fingerprint density at radius 2 is 2.33 bits per heavy atom. The minimum absolute atomic E-state index is 0.691. The number of nitrogen functional groups attached to an aromatic ring is 1. The van der Waals surface area contributed by atoms with Crippen LogP contribution in [-0.2, 0) is 6.42 Å². The normalized spacial score (nSPS) is 18.9.